The summed E-state index contributed by atoms with van der Waals surface area (Å²) in [5.41, 5.74) is 0.346. The van der Waals surface area contributed by atoms with Crippen LogP contribution in [0.3, 0.4) is 0 Å². The van der Waals surface area contributed by atoms with Crippen LogP contribution in [0.1, 0.15) is 44.2 Å². The van der Waals surface area contributed by atoms with E-state index in [0.717, 1.165) is 12.7 Å². The second-order valence-corrected chi connectivity index (χ2v) is 5.44. The van der Waals surface area contributed by atoms with Crippen LogP contribution in [0.5, 0.6) is 0 Å². The fraction of sp³-hybridized carbons (Fsp3) is 0.625. The Morgan fingerprint density at radius 2 is 2.05 bits per heavy atom. The molecule has 0 aliphatic heterocycles. The van der Waals surface area contributed by atoms with Gasteiger partial charge in [-0.3, -0.25) is 0 Å². The highest BCUT2D eigenvalue weighted by molar-refractivity contribution is 5.22. The summed E-state index contributed by atoms with van der Waals surface area (Å²) in [6, 6.07) is 4.00. The number of halogens is 2. The van der Waals surface area contributed by atoms with E-state index < -0.39 is 11.6 Å². The fourth-order valence-electron chi connectivity index (χ4n) is 2.82. The minimum Gasteiger partial charge on any atom is -0.379 e. The van der Waals surface area contributed by atoms with Crippen molar-refractivity contribution >= 4 is 0 Å². The summed E-state index contributed by atoms with van der Waals surface area (Å²) in [5, 5.41) is 3.16. The minimum absolute atomic E-state index is 0.294. The first-order valence-electron chi connectivity index (χ1n) is 7.47. The Balaban J connectivity index is 1.93. The van der Waals surface area contributed by atoms with Gasteiger partial charge in [0.25, 0.3) is 0 Å². The van der Waals surface area contributed by atoms with Crippen molar-refractivity contribution in [3.63, 3.8) is 0 Å². The minimum atomic E-state index is -0.804. The lowest BCUT2D eigenvalue weighted by atomic mass is 10.1. The van der Waals surface area contributed by atoms with Crippen molar-refractivity contribution in [2.24, 2.45) is 5.92 Å². The molecule has 1 atom stereocenters. The van der Waals surface area contributed by atoms with Crippen LogP contribution in [0.15, 0.2) is 18.2 Å². The molecule has 1 unspecified atom stereocenters. The van der Waals surface area contributed by atoms with E-state index in [1.807, 2.05) is 6.92 Å². The largest absolute Gasteiger partial charge is 0.379 e. The Morgan fingerprint density at radius 1 is 1.30 bits per heavy atom. The van der Waals surface area contributed by atoms with Crippen molar-refractivity contribution in [3.05, 3.63) is 35.4 Å². The maximum atomic E-state index is 13.8. The Kier molecular flexibility index (Phi) is 5.92. The molecule has 0 aromatic heterocycles. The van der Waals surface area contributed by atoms with E-state index in [4.69, 9.17) is 4.74 Å². The Bertz CT molecular complexity index is 419. The summed E-state index contributed by atoms with van der Waals surface area (Å²) < 4.78 is 32.9. The number of nitrogens with one attached hydrogen (secondary N) is 1. The molecular formula is C16H23F2NO. The van der Waals surface area contributed by atoms with E-state index in [9.17, 15) is 8.78 Å². The average molecular weight is 283 g/mol. The number of rotatable bonds is 7. The van der Waals surface area contributed by atoms with Gasteiger partial charge in [0.05, 0.1) is 12.6 Å². The third kappa shape index (κ3) is 4.00. The molecule has 1 aromatic carbocycles. The van der Waals surface area contributed by atoms with E-state index in [-0.39, 0.29) is 6.04 Å². The molecule has 0 heterocycles. The summed E-state index contributed by atoms with van der Waals surface area (Å²) in [6.45, 7) is 3.73. The van der Waals surface area contributed by atoms with Gasteiger partial charge in [0.1, 0.15) is 0 Å². The number of ether oxygens (including phenoxy) is 1. The third-order valence-corrected chi connectivity index (χ3v) is 3.92. The van der Waals surface area contributed by atoms with Crippen LogP contribution in [0.2, 0.25) is 0 Å². The molecule has 1 saturated carbocycles. The van der Waals surface area contributed by atoms with E-state index in [0.29, 0.717) is 24.6 Å². The molecule has 1 aliphatic carbocycles. The maximum Gasteiger partial charge on any atom is 0.163 e. The maximum absolute atomic E-state index is 13.8. The second kappa shape index (κ2) is 7.70. The summed E-state index contributed by atoms with van der Waals surface area (Å²) in [7, 11) is 0. The molecule has 112 valence electrons. The number of likely N-dealkylation sites (N-methyl/N-ethyl adjacent to an activating group) is 1. The van der Waals surface area contributed by atoms with Crippen molar-refractivity contribution in [1.82, 2.24) is 5.32 Å². The first kappa shape index (κ1) is 15.4. The summed E-state index contributed by atoms with van der Waals surface area (Å²) in [5.74, 6) is -0.946. The van der Waals surface area contributed by atoms with Gasteiger partial charge in [0.2, 0.25) is 0 Å². The van der Waals surface area contributed by atoms with Crippen molar-refractivity contribution in [2.75, 3.05) is 19.8 Å². The second-order valence-electron chi connectivity index (χ2n) is 5.44. The SMILES string of the molecule is CCNC(COCC1CCCC1)c1cccc(F)c1F. The molecule has 0 bridgehead atoms. The van der Waals surface area contributed by atoms with Crippen LogP contribution in [-0.2, 0) is 4.74 Å². The van der Waals surface area contributed by atoms with Crippen LogP contribution in [0.4, 0.5) is 8.78 Å². The van der Waals surface area contributed by atoms with Gasteiger partial charge in [-0.2, -0.15) is 0 Å². The predicted molar refractivity (Wildman–Crippen MR) is 75.6 cm³/mol. The van der Waals surface area contributed by atoms with E-state index >= 15 is 0 Å². The summed E-state index contributed by atoms with van der Waals surface area (Å²) in [4.78, 5) is 0. The monoisotopic (exact) mass is 283 g/mol. The van der Waals surface area contributed by atoms with Crippen LogP contribution >= 0.6 is 0 Å². The molecule has 20 heavy (non-hydrogen) atoms. The molecule has 1 aromatic rings. The number of hydrogen-bond donors (Lipinski definition) is 1. The van der Waals surface area contributed by atoms with Gasteiger partial charge >= 0.3 is 0 Å². The molecule has 2 rings (SSSR count). The standard InChI is InChI=1S/C16H23F2NO/c1-2-19-15(11-20-10-12-6-3-4-7-12)13-8-5-9-14(17)16(13)18/h5,8-9,12,15,19H,2-4,6-7,10-11H2,1H3. The van der Waals surface area contributed by atoms with E-state index in [1.54, 1.807) is 6.07 Å². The van der Waals surface area contributed by atoms with Gasteiger partial charge in [-0.05, 0) is 31.4 Å². The Morgan fingerprint density at radius 3 is 2.75 bits per heavy atom. The highest BCUT2D eigenvalue weighted by Crippen LogP contribution is 2.25. The molecule has 4 heteroatoms. The molecule has 1 aliphatic rings. The Hall–Kier alpha value is -1.00. The zero-order valence-corrected chi connectivity index (χ0v) is 12.0. The van der Waals surface area contributed by atoms with Crippen molar-refractivity contribution in [3.8, 4) is 0 Å². The molecule has 0 amide bonds. The zero-order valence-electron chi connectivity index (χ0n) is 12.0. The van der Waals surface area contributed by atoms with Crippen LogP contribution in [0.25, 0.3) is 0 Å². The first-order valence-corrected chi connectivity index (χ1v) is 7.47. The molecule has 0 radical (unpaired) electrons. The number of hydrogen-bond acceptors (Lipinski definition) is 2. The van der Waals surface area contributed by atoms with Gasteiger partial charge in [-0.15, -0.1) is 0 Å². The predicted octanol–water partition coefficient (Wildman–Crippen LogP) is 3.82. The highest BCUT2D eigenvalue weighted by atomic mass is 19.2. The molecular weight excluding hydrogens is 260 g/mol. The lowest BCUT2D eigenvalue weighted by Crippen LogP contribution is -2.27. The first-order chi connectivity index (χ1) is 9.72. The van der Waals surface area contributed by atoms with E-state index in [2.05, 4.69) is 5.32 Å². The molecule has 2 nitrogen and oxygen atoms in total. The summed E-state index contributed by atoms with van der Waals surface area (Å²) >= 11 is 0. The van der Waals surface area contributed by atoms with Crippen molar-refractivity contribution in [1.29, 1.82) is 0 Å². The van der Waals surface area contributed by atoms with Crippen molar-refractivity contribution < 1.29 is 13.5 Å². The molecule has 0 saturated heterocycles. The van der Waals surface area contributed by atoms with Gasteiger partial charge < -0.3 is 10.1 Å². The van der Waals surface area contributed by atoms with Gasteiger partial charge in [0, 0.05) is 12.2 Å². The smallest absolute Gasteiger partial charge is 0.163 e. The molecule has 1 N–H and O–H groups in total. The quantitative estimate of drug-likeness (QED) is 0.821. The van der Waals surface area contributed by atoms with Crippen LogP contribution in [-0.4, -0.2) is 19.8 Å². The topological polar surface area (TPSA) is 21.3 Å². The van der Waals surface area contributed by atoms with E-state index in [1.165, 1.54) is 31.7 Å². The van der Waals surface area contributed by atoms with Crippen molar-refractivity contribution in [2.45, 2.75) is 38.6 Å². The van der Waals surface area contributed by atoms with Gasteiger partial charge in [-0.25, -0.2) is 8.78 Å². The number of benzene rings is 1. The lowest BCUT2D eigenvalue weighted by Gasteiger charge is -2.20. The fourth-order valence-corrected chi connectivity index (χ4v) is 2.82. The van der Waals surface area contributed by atoms with Gasteiger partial charge in [-0.1, -0.05) is 31.9 Å². The average Bonchev–Trinajstić information content (AvgIpc) is 2.94. The zero-order chi connectivity index (χ0) is 14.4. The normalized spacial score (nSPS) is 17.6. The molecule has 1 fully saturated rings. The van der Waals surface area contributed by atoms with Crippen LogP contribution < -0.4 is 5.32 Å². The third-order valence-electron chi connectivity index (χ3n) is 3.92. The molecule has 0 spiro atoms. The Labute approximate surface area is 119 Å². The van der Waals surface area contributed by atoms with Crippen LogP contribution in [0, 0.1) is 17.6 Å². The summed E-state index contributed by atoms with van der Waals surface area (Å²) in [6.07, 6.45) is 5.01. The lowest BCUT2D eigenvalue weighted by molar-refractivity contribution is 0.0822. The van der Waals surface area contributed by atoms with Gasteiger partial charge in [0.15, 0.2) is 11.6 Å². The highest BCUT2D eigenvalue weighted by Gasteiger charge is 2.19.